The summed E-state index contributed by atoms with van der Waals surface area (Å²) in [4.78, 5) is 2.39. The number of ether oxygens (including phenoxy) is 1. The highest BCUT2D eigenvalue weighted by Crippen LogP contribution is 2.34. The van der Waals surface area contributed by atoms with Crippen molar-refractivity contribution < 1.29 is 4.74 Å². The third-order valence-electron chi connectivity index (χ3n) is 3.84. The summed E-state index contributed by atoms with van der Waals surface area (Å²) in [6.07, 6.45) is 2.31. The summed E-state index contributed by atoms with van der Waals surface area (Å²) in [5.41, 5.74) is 1.30. The molecule has 1 aromatic carbocycles. The Morgan fingerprint density at radius 3 is 3.06 bits per heavy atom. The minimum atomic E-state index is 0.433. The molecule has 4 heteroatoms. The zero-order valence-electron chi connectivity index (χ0n) is 10.7. The minimum Gasteiger partial charge on any atom is -0.493 e. The van der Waals surface area contributed by atoms with Crippen LogP contribution in [0.5, 0.6) is 5.75 Å². The number of likely N-dealkylation sites (tertiary alicyclic amines) is 1. The number of likely N-dealkylation sites (N-methyl/N-ethyl adjacent to an activating group) is 1. The molecule has 1 N–H and O–H groups in total. The van der Waals surface area contributed by atoms with Gasteiger partial charge in [-0.2, -0.15) is 0 Å². The number of rotatable bonds is 2. The third-order valence-corrected chi connectivity index (χ3v) is 4.33. The highest BCUT2D eigenvalue weighted by Gasteiger charge is 2.27. The monoisotopic (exact) mass is 310 g/mol. The van der Waals surface area contributed by atoms with Crippen molar-refractivity contribution in [2.45, 2.75) is 24.9 Å². The van der Waals surface area contributed by atoms with Gasteiger partial charge in [0, 0.05) is 35.1 Å². The molecule has 2 unspecified atom stereocenters. The average Bonchev–Trinajstić information content (AvgIpc) is 2.76. The SMILES string of the molecule is CN1CCC(NC2CCOc3ccc(Br)cc32)C1. The molecule has 98 valence electrons. The van der Waals surface area contributed by atoms with E-state index in [0.717, 1.165) is 29.8 Å². The van der Waals surface area contributed by atoms with Crippen molar-refractivity contribution in [3.63, 3.8) is 0 Å². The van der Waals surface area contributed by atoms with Crippen molar-refractivity contribution in [1.29, 1.82) is 0 Å². The maximum absolute atomic E-state index is 5.72. The topological polar surface area (TPSA) is 24.5 Å². The summed E-state index contributed by atoms with van der Waals surface area (Å²) in [7, 11) is 2.19. The number of hydrogen-bond acceptors (Lipinski definition) is 3. The van der Waals surface area contributed by atoms with Gasteiger partial charge in [0.25, 0.3) is 0 Å². The molecule has 18 heavy (non-hydrogen) atoms. The summed E-state index contributed by atoms with van der Waals surface area (Å²) in [5, 5.41) is 3.79. The Morgan fingerprint density at radius 2 is 2.28 bits per heavy atom. The minimum absolute atomic E-state index is 0.433. The van der Waals surface area contributed by atoms with Gasteiger partial charge in [0.2, 0.25) is 0 Å². The van der Waals surface area contributed by atoms with Crippen LogP contribution in [-0.2, 0) is 0 Å². The van der Waals surface area contributed by atoms with Crippen LogP contribution in [0.1, 0.15) is 24.4 Å². The van der Waals surface area contributed by atoms with Crippen LogP contribution in [0.25, 0.3) is 0 Å². The molecule has 3 rings (SSSR count). The Labute approximate surface area is 117 Å². The first kappa shape index (κ1) is 12.5. The molecule has 3 nitrogen and oxygen atoms in total. The lowest BCUT2D eigenvalue weighted by atomic mass is 9.99. The first-order valence-corrected chi connectivity index (χ1v) is 7.38. The molecule has 2 aliphatic rings. The molecule has 0 radical (unpaired) electrons. The smallest absolute Gasteiger partial charge is 0.124 e. The van der Waals surface area contributed by atoms with Gasteiger partial charge in [-0.25, -0.2) is 0 Å². The second-order valence-corrected chi connectivity index (χ2v) is 6.20. The van der Waals surface area contributed by atoms with Crippen LogP contribution in [0, 0.1) is 0 Å². The summed E-state index contributed by atoms with van der Waals surface area (Å²) in [5.74, 6) is 1.04. The standard InChI is InChI=1S/C14H19BrN2O/c1-17-6-4-11(9-17)16-13-5-7-18-14-3-2-10(15)8-12(13)14/h2-3,8,11,13,16H,4-7,9H2,1H3. The molecule has 0 saturated carbocycles. The van der Waals surface area contributed by atoms with Crippen LogP contribution in [0.3, 0.4) is 0 Å². The molecule has 0 aliphatic carbocycles. The Bertz CT molecular complexity index is 438. The van der Waals surface area contributed by atoms with Crippen LogP contribution in [0.4, 0.5) is 0 Å². The Morgan fingerprint density at radius 1 is 1.39 bits per heavy atom. The predicted octanol–water partition coefficient (Wildman–Crippen LogP) is 2.57. The van der Waals surface area contributed by atoms with Crippen molar-refractivity contribution in [3.05, 3.63) is 28.2 Å². The molecular formula is C14H19BrN2O. The van der Waals surface area contributed by atoms with E-state index in [1.165, 1.54) is 18.5 Å². The van der Waals surface area contributed by atoms with Crippen LogP contribution < -0.4 is 10.1 Å². The maximum Gasteiger partial charge on any atom is 0.124 e. The molecule has 1 aromatic rings. The zero-order chi connectivity index (χ0) is 12.5. The second-order valence-electron chi connectivity index (χ2n) is 5.29. The van der Waals surface area contributed by atoms with Gasteiger partial charge in [0.15, 0.2) is 0 Å². The summed E-state index contributed by atoms with van der Waals surface area (Å²) in [6.45, 7) is 3.17. The van der Waals surface area contributed by atoms with E-state index in [2.05, 4.69) is 45.3 Å². The first-order valence-electron chi connectivity index (χ1n) is 6.59. The number of benzene rings is 1. The van der Waals surface area contributed by atoms with Gasteiger partial charge in [-0.1, -0.05) is 15.9 Å². The predicted molar refractivity (Wildman–Crippen MR) is 76.0 cm³/mol. The number of halogens is 1. The van der Waals surface area contributed by atoms with E-state index in [-0.39, 0.29) is 0 Å². The van der Waals surface area contributed by atoms with Crippen LogP contribution in [0.15, 0.2) is 22.7 Å². The number of nitrogens with zero attached hydrogens (tertiary/aromatic N) is 1. The average molecular weight is 311 g/mol. The van der Waals surface area contributed by atoms with Gasteiger partial charge in [0.1, 0.15) is 5.75 Å². The van der Waals surface area contributed by atoms with E-state index in [1.54, 1.807) is 0 Å². The molecule has 2 atom stereocenters. The fraction of sp³-hybridized carbons (Fsp3) is 0.571. The molecule has 1 fully saturated rings. The summed E-state index contributed by atoms with van der Waals surface area (Å²) < 4.78 is 6.85. The van der Waals surface area contributed by atoms with E-state index in [0.29, 0.717) is 12.1 Å². The van der Waals surface area contributed by atoms with E-state index < -0.39 is 0 Å². The van der Waals surface area contributed by atoms with Crippen molar-refractivity contribution in [2.75, 3.05) is 26.7 Å². The van der Waals surface area contributed by atoms with E-state index >= 15 is 0 Å². The number of nitrogens with one attached hydrogen (secondary N) is 1. The molecular weight excluding hydrogens is 292 g/mol. The number of hydrogen-bond donors (Lipinski definition) is 1. The van der Waals surface area contributed by atoms with Crippen LogP contribution in [-0.4, -0.2) is 37.7 Å². The molecule has 0 bridgehead atoms. The highest BCUT2D eigenvalue weighted by atomic mass is 79.9. The first-order chi connectivity index (χ1) is 8.72. The molecule has 2 aliphatic heterocycles. The molecule has 0 amide bonds. The van der Waals surface area contributed by atoms with Gasteiger partial charge in [0.05, 0.1) is 6.61 Å². The molecule has 2 heterocycles. The Balaban J connectivity index is 1.76. The summed E-state index contributed by atoms with van der Waals surface area (Å²) in [6, 6.07) is 7.34. The van der Waals surface area contributed by atoms with Gasteiger partial charge in [-0.3, -0.25) is 0 Å². The molecule has 1 saturated heterocycles. The molecule has 0 aromatic heterocycles. The van der Waals surface area contributed by atoms with Crippen molar-refractivity contribution in [2.24, 2.45) is 0 Å². The van der Waals surface area contributed by atoms with E-state index in [4.69, 9.17) is 4.74 Å². The third kappa shape index (κ3) is 2.56. The largest absolute Gasteiger partial charge is 0.493 e. The van der Waals surface area contributed by atoms with Gasteiger partial charge >= 0.3 is 0 Å². The van der Waals surface area contributed by atoms with Crippen molar-refractivity contribution in [1.82, 2.24) is 10.2 Å². The quantitative estimate of drug-likeness (QED) is 0.908. The number of fused-ring (bicyclic) bond motifs is 1. The Hall–Kier alpha value is -0.580. The highest BCUT2D eigenvalue weighted by molar-refractivity contribution is 9.10. The molecule has 0 spiro atoms. The maximum atomic E-state index is 5.72. The van der Waals surface area contributed by atoms with Gasteiger partial charge in [-0.05, 0) is 38.2 Å². The fourth-order valence-corrected chi connectivity index (χ4v) is 3.27. The lowest BCUT2D eigenvalue weighted by molar-refractivity contribution is 0.243. The normalized spacial score (nSPS) is 27.9. The van der Waals surface area contributed by atoms with Gasteiger partial charge in [-0.15, -0.1) is 0 Å². The van der Waals surface area contributed by atoms with Crippen LogP contribution in [0.2, 0.25) is 0 Å². The lowest BCUT2D eigenvalue weighted by Gasteiger charge is -2.29. The zero-order valence-corrected chi connectivity index (χ0v) is 12.2. The van der Waals surface area contributed by atoms with Crippen molar-refractivity contribution in [3.8, 4) is 5.75 Å². The Kier molecular flexibility index (Phi) is 3.59. The lowest BCUT2D eigenvalue weighted by Crippen LogP contribution is -2.37. The van der Waals surface area contributed by atoms with Crippen molar-refractivity contribution >= 4 is 15.9 Å². The van der Waals surface area contributed by atoms with Gasteiger partial charge < -0.3 is 15.0 Å². The summed E-state index contributed by atoms with van der Waals surface area (Å²) >= 11 is 3.55. The van der Waals surface area contributed by atoms with Crippen LogP contribution >= 0.6 is 15.9 Å². The fourth-order valence-electron chi connectivity index (χ4n) is 2.89. The van der Waals surface area contributed by atoms with E-state index in [9.17, 15) is 0 Å². The second kappa shape index (κ2) is 5.19. The van der Waals surface area contributed by atoms with E-state index in [1.807, 2.05) is 6.07 Å².